The number of aryl methyl sites for hydroxylation is 2. The average molecular weight is 346 g/mol. The summed E-state index contributed by atoms with van der Waals surface area (Å²) in [5, 5.41) is 10.8. The molecule has 0 bridgehead atoms. The maximum Gasteiger partial charge on any atom is 0.191 e. The Labute approximate surface area is 148 Å². The lowest BCUT2D eigenvalue weighted by atomic mass is 10.1. The zero-order valence-electron chi connectivity index (χ0n) is 15.5. The molecule has 0 aliphatic heterocycles. The van der Waals surface area contributed by atoms with E-state index in [9.17, 15) is 4.39 Å². The fourth-order valence-electron chi connectivity index (χ4n) is 2.56. The van der Waals surface area contributed by atoms with Crippen LogP contribution in [0.2, 0.25) is 0 Å². The second kappa shape index (κ2) is 8.62. The summed E-state index contributed by atoms with van der Waals surface area (Å²) in [5.41, 5.74) is 2.66. The molecule has 1 aromatic carbocycles. The molecule has 2 aromatic rings. The minimum absolute atomic E-state index is 0.170. The predicted octanol–water partition coefficient (Wildman–Crippen LogP) is 1.84. The third kappa shape index (κ3) is 5.29. The van der Waals surface area contributed by atoms with Gasteiger partial charge in [-0.1, -0.05) is 12.1 Å². The van der Waals surface area contributed by atoms with E-state index in [1.54, 1.807) is 30.8 Å². The molecule has 1 unspecified atom stereocenters. The Bertz CT molecular complexity index is 722. The molecule has 7 heteroatoms. The summed E-state index contributed by atoms with van der Waals surface area (Å²) >= 11 is 0. The SMILES string of the molecule is CN=C(NCc1ccc(C)c(F)c1)NCC(c1cnn(C)c1)N(C)C. The normalized spacial score (nSPS) is 13.2. The topological polar surface area (TPSA) is 57.5 Å². The van der Waals surface area contributed by atoms with Crippen molar-refractivity contribution < 1.29 is 4.39 Å². The van der Waals surface area contributed by atoms with E-state index in [0.717, 1.165) is 11.1 Å². The third-order valence-electron chi connectivity index (χ3n) is 4.12. The summed E-state index contributed by atoms with van der Waals surface area (Å²) in [7, 11) is 7.69. The highest BCUT2D eigenvalue weighted by Crippen LogP contribution is 2.16. The molecule has 0 spiro atoms. The van der Waals surface area contributed by atoms with E-state index < -0.39 is 0 Å². The fourth-order valence-corrected chi connectivity index (χ4v) is 2.56. The van der Waals surface area contributed by atoms with Gasteiger partial charge in [0.25, 0.3) is 0 Å². The van der Waals surface area contributed by atoms with Gasteiger partial charge in [-0.3, -0.25) is 9.67 Å². The van der Waals surface area contributed by atoms with Crippen LogP contribution in [-0.2, 0) is 13.6 Å². The van der Waals surface area contributed by atoms with E-state index in [2.05, 4.69) is 25.6 Å². The first-order valence-electron chi connectivity index (χ1n) is 8.25. The molecule has 2 N–H and O–H groups in total. The van der Waals surface area contributed by atoms with Crippen molar-refractivity contribution in [1.29, 1.82) is 0 Å². The molecule has 1 heterocycles. The Morgan fingerprint density at radius 1 is 1.36 bits per heavy atom. The van der Waals surface area contributed by atoms with Crippen LogP contribution in [-0.4, -0.2) is 48.3 Å². The van der Waals surface area contributed by atoms with E-state index in [4.69, 9.17) is 0 Å². The number of guanidine groups is 1. The van der Waals surface area contributed by atoms with Gasteiger partial charge in [-0.2, -0.15) is 5.10 Å². The van der Waals surface area contributed by atoms with Crippen LogP contribution in [0.25, 0.3) is 0 Å². The number of aliphatic imine (C=N–C) groups is 1. The van der Waals surface area contributed by atoms with Crippen molar-refractivity contribution in [3.05, 3.63) is 53.1 Å². The van der Waals surface area contributed by atoms with Crippen molar-refractivity contribution in [3.63, 3.8) is 0 Å². The van der Waals surface area contributed by atoms with Crippen LogP contribution < -0.4 is 10.6 Å². The molecule has 0 radical (unpaired) electrons. The van der Waals surface area contributed by atoms with Gasteiger partial charge in [0, 0.05) is 38.9 Å². The zero-order valence-corrected chi connectivity index (χ0v) is 15.5. The number of halogens is 1. The molecule has 0 aliphatic carbocycles. The van der Waals surface area contributed by atoms with Gasteiger partial charge in [-0.05, 0) is 38.2 Å². The van der Waals surface area contributed by atoms with E-state index in [0.29, 0.717) is 24.6 Å². The van der Waals surface area contributed by atoms with Crippen LogP contribution in [0, 0.1) is 12.7 Å². The van der Waals surface area contributed by atoms with Crippen LogP contribution in [0.1, 0.15) is 22.7 Å². The minimum Gasteiger partial charge on any atom is -0.354 e. The van der Waals surface area contributed by atoms with Gasteiger partial charge in [-0.15, -0.1) is 0 Å². The van der Waals surface area contributed by atoms with Crippen LogP contribution in [0.3, 0.4) is 0 Å². The zero-order chi connectivity index (χ0) is 18.4. The van der Waals surface area contributed by atoms with Crippen molar-refractivity contribution in [2.75, 3.05) is 27.7 Å². The average Bonchev–Trinajstić information content (AvgIpc) is 2.99. The number of aromatic nitrogens is 2. The molecule has 1 atom stereocenters. The molecule has 136 valence electrons. The van der Waals surface area contributed by atoms with Crippen LogP contribution in [0.5, 0.6) is 0 Å². The first-order valence-corrected chi connectivity index (χ1v) is 8.25. The number of nitrogens with zero attached hydrogens (tertiary/aromatic N) is 4. The lowest BCUT2D eigenvalue weighted by Gasteiger charge is -2.24. The second-order valence-corrected chi connectivity index (χ2v) is 6.32. The molecule has 0 saturated carbocycles. The molecule has 0 amide bonds. The van der Waals surface area contributed by atoms with Crippen LogP contribution in [0.15, 0.2) is 35.6 Å². The highest BCUT2D eigenvalue weighted by atomic mass is 19.1. The third-order valence-corrected chi connectivity index (χ3v) is 4.12. The van der Waals surface area contributed by atoms with Gasteiger partial charge in [0.1, 0.15) is 5.82 Å². The van der Waals surface area contributed by atoms with Gasteiger partial charge in [-0.25, -0.2) is 4.39 Å². The summed E-state index contributed by atoms with van der Waals surface area (Å²) in [5.74, 6) is 0.489. The molecule has 25 heavy (non-hydrogen) atoms. The molecule has 2 rings (SSSR count). The molecule has 0 fully saturated rings. The number of nitrogens with one attached hydrogen (secondary N) is 2. The largest absolute Gasteiger partial charge is 0.354 e. The van der Waals surface area contributed by atoms with Crippen molar-refractivity contribution in [2.24, 2.45) is 12.0 Å². The summed E-state index contributed by atoms with van der Waals surface area (Å²) in [6.45, 7) is 2.95. The highest BCUT2D eigenvalue weighted by Gasteiger charge is 2.16. The van der Waals surface area contributed by atoms with E-state index in [-0.39, 0.29) is 11.9 Å². The summed E-state index contributed by atoms with van der Waals surface area (Å²) < 4.78 is 15.4. The second-order valence-electron chi connectivity index (χ2n) is 6.32. The van der Waals surface area contributed by atoms with Crippen molar-refractivity contribution in [2.45, 2.75) is 19.5 Å². The molecule has 1 aromatic heterocycles. The fraction of sp³-hybridized carbons (Fsp3) is 0.444. The number of hydrogen-bond donors (Lipinski definition) is 2. The lowest BCUT2D eigenvalue weighted by Crippen LogP contribution is -2.41. The Kier molecular flexibility index (Phi) is 6.52. The number of rotatable bonds is 6. The number of hydrogen-bond acceptors (Lipinski definition) is 3. The number of benzene rings is 1. The van der Waals surface area contributed by atoms with Gasteiger partial charge >= 0.3 is 0 Å². The van der Waals surface area contributed by atoms with E-state index in [1.165, 1.54) is 0 Å². The van der Waals surface area contributed by atoms with Crippen LogP contribution in [0.4, 0.5) is 4.39 Å². The number of likely N-dealkylation sites (N-methyl/N-ethyl adjacent to an activating group) is 1. The molecule has 0 saturated heterocycles. The Balaban J connectivity index is 1.93. The van der Waals surface area contributed by atoms with E-state index in [1.807, 2.05) is 39.6 Å². The maximum atomic E-state index is 13.6. The Morgan fingerprint density at radius 2 is 2.12 bits per heavy atom. The van der Waals surface area contributed by atoms with Gasteiger partial charge in [0.05, 0.1) is 12.2 Å². The van der Waals surface area contributed by atoms with Gasteiger partial charge in [0.15, 0.2) is 5.96 Å². The molecular formula is C18H27FN6. The first-order chi connectivity index (χ1) is 11.9. The quantitative estimate of drug-likeness (QED) is 0.619. The molecule has 0 aliphatic rings. The molecule has 6 nitrogen and oxygen atoms in total. The first kappa shape index (κ1) is 18.9. The smallest absolute Gasteiger partial charge is 0.191 e. The standard InChI is InChI=1S/C18H27FN6/c1-13-6-7-14(8-16(13)19)9-21-18(20-2)22-11-17(24(3)4)15-10-23-25(5)12-15/h6-8,10,12,17H,9,11H2,1-5H3,(H2,20,21,22). The maximum absolute atomic E-state index is 13.6. The monoisotopic (exact) mass is 346 g/mol. The van der Waals surface area contributed by atoms with E-state index >= 15 is 0 Å². The lowest BCUT2D eigenvalue weighted by molar-refractivity contribution is 0.298. The summed E-state index contributed by atoms with van der Waals surface area (Å²) in [4.78, 5) is 6.37. The highest BCUT2D eigenvalue weighted by molar-refractivity contribution is 5.79. The van der Waals surface area contributed by atoms with Crippen molar-refractivity contribution in [3.8, 4) is 0 Å². The van der Waals surface area contributed by atoms with Gasteiger partial charge < -0.3 is 15.5 Å². The Hall–Kier alpha value is -2.41. The van der Waals surface area contributed by atoms with Gasteiger partial charge in [0.2, 0.25) is 0 Å². The predicted molar refractivity (Wildman–Crippen MR) is 99.0 cm³/mol. The molecular weight excluding hydrogens is 319 g/mol. The minimum atomic E-state index is -0.188. The summed E-state index contributed by atoms with van der Waals surface area (Å²) in [6, 6.07) is 5.42. The van der Waals surface area contributed by atoms with Crippen molar-refractivity contribution in [1.82, 2.24) is 25.3 Å². The van der Waals surface area contributed by atoms with Crippen LogP contribution >= 0.6 is 0 Å². The van der Waals surface area contributed by atoms with Crippen molar-refractivity contribution >= 4 is 5.96 Å². The summed E-state index contributed by atoms with van der Waals surface area (Å²) in [6.07, 6.45) is 3.88. The Morgan fingerprint density at radius 3 is 2.68 bits per heavy atom.